The van der Waals surface area contributed by atoms with Gasteiger partial charge in [-0.1, -0.05) is 18.2 Å². The maximum atomic E-state index is 13.2. The van der Waals surface area contributed by atoms with Crippen LogP contribution in [0.2, 0.25) is 0 Å². The van der Waals surface area contributed by atoms with Gasteiger partial charge in [0.25, 0.3) is 11.8 Å². The number of hydrogen-bond donors (Lipinski definition) is 0. The molecule has 0 saturated heterocycles. The normalized spacial score (nSPS) is 15.1. The third-order valence-corrected chi connectivity index (χ3v) is 5.95. The summed E-state index contributed by atoms with van der Waals surface area (Å²) in [4.78, 5) is 26.9. The van der Waals surface area contributed by atoms with Gasteiger partial charge in [0.2, 0.25) is 0 Å². The number of rotatable bonds is 6. The number of likely N-dealkylation sites (N-methyl/N-ethyl adjacent to an activating group) is 1. The zero-order valence-corrected chi connectivity index (χ0v) is 20.2. The average molecular weight is 467 g/mol. The summed E-state index contributed by atoms with van der Waals surface area (Å²) in [6.45, 7) is 8.02. The fourth-order valence-corrected chi connectivity index (χ4v) is 4.12. The van der Waals surface area contributed by atoms with Crippen molar-refractivity contribution in [3.05, 3.63) is 82.6 Å². The van der Waals surface area contributed by atoms with E-state index in [4.69, 9.17) is 9.84 Å². The monoisotopic (exact) mass is 466 g/mol. The Bertz CT molecular complexity index is 1410. The van der Waals surface area contributed by atoms with Gasteiger partial charge in [-0.15, -0.1) is 0 Å². The van der Waals surface area contributed by atoms with Gasteiger partial charge in [0, 0.05) is 29.4 Å². The van der Waals surface area contributed by atoms with Crippen molar-refractivity contribution in [3.63, 3.8) is 0 Å². The molecule has 7 nitrogen and oxygen atoms in total. The Labute approximate surface area is 204 Å². The van der Waals surface area contributed by atoms with Crippen LogP contribution < -0.4 is 4.74 Å². The molecule has 3 aromatic rings. The van der Waals surface area contributed by atoms with E-state index >= 15 is 0 Å². The van der Waals surface area contributed by atoms with Crippen molar-refractivity contribution in [2.24, 2.45) is 0 Å². The minimum absolute atomic E-state index is 0.0217. The molecule has 2 heterocycles. The first kappa shape index (κ1) is 23.7. The van der Waals surface area contributed by atoms with Gasteiger partial charge in [0.1, 0.15) is 17.4 Å². The highest BCUT2D eigenvalue weighted by Gasteiger charge is 2.34. The summed E-state index contributed by atoms with van der Waals surface area (Å²) >= 11 is 0. The number of amides is 2. The fourth-order valence-electron chi connectivity index (χ4n) is 4.12. The van der Waals surface area contributed by atoms with Gasteiger partial charge in [0.15, 0.2) is 0 Å². The molecule has 4 rings (SSSR count). The molecule has 2 amide bonds. The molecule has 0 N–H and O–H groups in total. The van der Waals surface area contributed by atoms with E-state index in [-0.39, 0.29) is 12.1 Å². The molecule has 0 aliphatic carbocycles. The quantitative estimate of drug-likeness (QED) is 0.382. The third-order valence-electron chi connectivity index (χ3n) is 5.95. The topological polar surface area (TPSA) is 88.2 Å². The van der Waals surface area contributed by atoms with Crippen molar-refractivity contribution < 1.29 is 14.3 Å². The Balaban J connectivity index is 1.92. The molecule has 0 saturated carbocycles. The SMILES string of the molecule is CCOc1ccc(-c2nn(-c3ccccc3)cc2/C=C2/C(=O)N(CC)C(=O)C(C#N)=C2C)cc1C. The van der Waals surface area contributed by atoms with Crippen molar-refractivity contribution in [2.75, 3.05) is 13.2 Å². The first-order valence-corrected chi connectivity index (χ1v) is 11.5. The summed E-state index contributed by atoms with van der Waals surface area (Å²) in [7, 11) is 0. The number of carbonyl (C=O) groups is 2. The largest absolute Gasteiger partial charge is 0.494 e. The lowest BCUT2D eigenvalue weighted by atomic mass is 9.93. The maximum absolute atomic E-state index is 13.2. The van der Waals surface area contributed by atoms with Crippen LogP contribution in [0.1, 0.15) is 31.9 Å². The van der Waals surface area contributed by atoms with E-state index in [2.05, 4.69) is 0 Å². The number of carbonyl (C=O) groups excluding carboxylic acids is 2. The first-order valence-electron chi connectivity index (χ1n) is 11.5. The molecule has 0 radical (unpaired) electrons. The molecule has 0 fully saturated rings. The van der Waals surface area contributed by atoms with Crippen LogP contribution in [0.15, 0.2) is 71.4 Å². The van der Waals surface area contributed by atoms with Crippen LogP contribution in [0.5, 0.6) is 5.75 Å². The van der Waals surface area contributed by atoms with E-state index in [1.165, 1.54) is 0 Å². The lowest BCUT2D eigenvalue weighted by Crippen LogP contribution is -2.42. The minimum Gasteiger partial charge on any atom is -0.494 e. The van der Waals surface area contributed by atoms with Gasteiger partial charge in [-0.05, 0) is 75.2 Å². The number of aromatic nitrogens is 2. The van der Waals surface area contributed by atoms with Crippen LogP contribution in [-0.4, -0.2) is 39.6 Å². The summed E-state index contributed by atoms with van der Waals surface area (Å²) in [6, 6.07) is 17.5. The highest BCUT2D eigenvalue weighted by atomic mass is 16.5. The van der Waals surface area contributed by atoms with Gasteiger partial charge in [-0.2, -0.15) is 10.4 Å². The molecule has 1 aromatic heterocycles. The molecule has 176 valence electrons. The molecular weight excluding hydrogens is 440 g/mol. The summed E-state index contributed by atoms with van der Waals surface area (Å²) in [6.07, 6.45) is 3.57. The highest BCUT2D eigenvalue weighted by Crippen LogP contribution is 2.32. The van der Waals surface area contributed by atoms with Crippen LogP contribution in [0.25, 0.3) is 23.0 Å². The zero-order chi connectivity index (χ0) is 25.1. The maximum Gasteiger partial charge on any atom is 0.271 e. The summed E-state index contributed by atoms with van der Waals surface area (Å²) in [5.74, 6) is -0.178. The van der Waals surface area contributed by atoms with E-state index in [1.54, 1.807) is 24.6 Å². The van der Waals surface area contributed by atoms with Crippen molar-refractivity contribution in [1.82, 2.24) is 14.7 Å². The number of ether oxygens (including phenoxy) is 1. The molecule has 0 spiro atoms. The Morgan fingerprint density at radius 3 is 2.43 bits per heavy atom. The number of hydrogen-bond acceptors (Lipinski definition) is 5. The second-order valence-corrected chi connectivity index (χ2v) is 8.15. The van der Waals surface area contributed by atoms with Crippen LogP contribution >= 0.6 is 0 Å². The third kappa shape index (κ3) is 4.38. The zero-order valence-electron chi connectivity index (χ0n) is 20.2. The molecule has 0 bridgehead atoms. The van der Waals surface area contributed by atoms with Crippen molar-refractivity contribution in [1.29, 1.82) is 5.26 Å². The summed E-state index contributed by atoms with van der Waals surface area (Å²) < 4.78 is 7.44. The summed E-state index contributed by atoms with van der Waals surface area (Å²) in [5.41, 5.74) is 4.72. The fraction of sp³-hybridized carbons (Fsp3) is 0.214. The van der Waals surface area contributed by atoms with Gasteiger partial charge in [0.05, 0.1) is 18.0 Å². The van der Waals surface area contributed by atoms with Gasteiger partial charge < -0.3 is 4.74 Å². The average Bonchev–Trinajstić information content (AvgIpc) is 3.28. The highest BCUT2D eigenvalue weighted by molar-refractivity contribution is 6.19. The van der Waals surface area contributed by atoms with E-state index < -0.39 is 11.8 Å². The van der Waals surface area contributed by atoms with Crippen molar-refractivity contribution >= 4 is 17.9 Å². The predicted octanol–water partition coefficient (Wildman–Crippen LogP) is 4.86. The molecule has 35 heavy (non-hydrogen) atoms. The minimum atomic E-state index is -0.558. The smallest absolute Gasteiger partial charge is 0.271 e. The first-order chi connectivity index (χ1) is 16.9. The number of benzene rings is 2. The second-order valence-electron chi connectivity index (χ2n) is 8.15. The molecule has 0 unspecified atom stereocenters. The van der Waals surface area contributed by atoms with E-state index in [1.807, 2.05) is 74.6 Å². The van der Waals surface area contributed by atoms with Crippen molar-refractivity contribution in [2.45, 2.75) is 27.7 Å². The number of aryl methyl sites for hydroxylation is 1. The van der Waals surface area contributed by atoms with Crippen LogP contribution in [0.4, 0.5) is 0 Å². The number of imide groups is 1. The molecule has 2 aromatic carbocycles. The Morgan fingerprint density at radius 1 is 1.06 bits per heavy atom. The Kier molecular flexibility index (Phi) is 6.65. The molecule has 1 aliphatic heterocycles. The van der Waals surface area contributed by atoms with Gasteiger partial charge >= 0.3 is 0 Å². The number of para-hydroxylation sites is 1. The lowest BCUT2D eigenvalue weighted by molar-refractivity contribution is -0.140. The number of nitriles is 1. The van der Waals surface area contributed by atoms with Crippen LogP contribution in [0, 0.1) is 18.3 Å². The predicted molar refractivity (Wildman–Crippen MR) is 134 cm³/mol. The molecule has 0 atom stereocenters. The summed E-state index contributed by atoms with van der Waals surface area (Å²) in [5, 5.41) is 14.4. The van der Waals surface area contributed by atoms with E-state index in [0.717, 1.165) is 27.5 Å². The van der Waals surface area contributed by atoms with Gasteiger partial charge in [-0.25, -0.2) is 4.68 Å². The van der Waals surface area contributed by atoms with E-state index in [0.29, 0.717) is 29.0 Å². The Hall–Kier alpha value is -4.44. The lowest BCUT2D eigenvalue weighted by Gasteiger charge is -2.26. The molecule has 7 heteroatoms. The molecule has 1 aliphatic rings. The standard InChI is InChI=1S/C28H26N4O3/c1-5-31-27(33)23(19(4)24(16-29)28(31)34)15-21-17-32(22-10-8-7-9-11-22)30-26(21)20-12-13-25(35-6-2)18(3)14-20/h7-15,17H,5-6H2,1-4H3/b23-15+. The molecular formula is C28H26N4O3. The number of nitrogens with zero attached hydrogens (tertiary/aromatic N) is 4. The van der Waals surface area contributed by atoms with E-state index in [9.17, 15) is 14.9 Å². The van der Waals surface area contributed by atoms with Crippen LogP contribution in [-0.2, 0) is 9.59 Å². The van der Waals surface area contributed by atoms with Crippen molar-refractivity contribution in [3.8, 4) is 28.8 Å². The van der Waals surface area contributed by atoms with Crippen LogP contribution in [0.3, 0.4) is 0 Å². The Morgan fingerprint density at radius 2 is 1.80 bits per heavy atom. The second kappa shape index (κ2) is 9.82. The van der Waals surface area contributed by atoms with Gasteiger partial charge in [-0.3, -0.25) is 14.5 Å².